The largest absolute Gasteiger partial charge is 0.494 e. The first-order valence-electron chi connectivity index (χ1n) is 12.0. The Bertz CT molecular complexity index is 500. The molecule has 0 heterocycles. The van der Waals surface area contributed by atoms with Crippen LogP contribution in [0.2, 0.25) is 0 Å². The molecule has 0 aromatic heterocycles. The lowest BCUT2D eigenvalue weighted by atomic mass is 10.0. The maximum absolute atomic E-state index is 9.34. The van der Waals surface area contributed by atoms with Crippen molar-refractivity contribution >= 4 is 12.4 Å². The molecule has 4 N–H and O–H groups in total. The van der Waals surface area contributed by atoms with Crippen LogP contribution in [0.3, 0.4) is 0 Å². The van der Waals surface area contributed by atoms with E-state index < -0.39 is 5.54 Å². The summed E-state index contributed by atoms with van der Waals surface area (Å²) in [5.74, 6) is 0.861. The van der Waals surface area contributed by atoms with E-state index in [1.54, 1.807) is 0 Å². The van der Waals surface area contributed by atoms with Crippen LogP contribution in [-0.4, -0.2) is 47.3 Å². The summed E-state index contributed by atoms with van der Waals surface area (Å²) in [7, 11) is 0. The second-order valence-electron chi connectivity index (χ2n) is 8.49. The summed E-state index contributed by atoms with van der Waals surface area (Å²) in [6.07, 6.45) is 16.1. The summed E-state index contributed by atoms with van der Waals surface area (Å²) >= 11 is 0. The fourth-order valence-electron chi connectivity index (χ4n) is 3.44. The number of halogens is 1. The van der Waals surface area contributed by atoms with Gasteiger partial charge >= 0.3 is 0 Å². The van der Waals surface area contributed by atoms with Gasteiger partial charge in [-0.3, -0.25) is 0 Å². The Morgan fingerprint density at radius 2 is 1.16 bits per heavy atom. The Kier molecular flexibility index (Phi) is 19.3. The number of aliphatic hydroxyl groups is 3. The first-order chi connectivity index (χ1) is 14.7. The van der Waals surface area contributed by atoms with Crippen molar-refractivity contribution in [1.29, 1.82) is 0 Å². The van der Waals surface area contributed by atoms with Crippen LogP contribution in [0.1, 0.15) is 89.5 Å². The van der Waals surface area contributed by atoms with Crippen molar-refractivity contribution in [3.63, 3.8) is 0 Å². The predicted octanol–water partition coefficient (Wildman–Crippen LogP) is 4.99. The van der Waals surface area contributed by atoms with E-state index in [9.17, 15) is 15.3 Å². The van der Waals surface area contributed by atoms with Gasteiger partial charge in [0.25, 0.3) is 0 Å². The minimum absolute atomic E-state index is 0. The van der Waals surface area contributed by atoms with Gasteiger partial charge in [0.05, 0.1) is 32.0 Å². The molecule has 1 aromatic rings. The molecule has 0 aliphatic heterocycles. The predicted molar refractivity (Wildman–Crippen MR) is 131 cm³/mol. The molecule has 0 radical (unpaired) electrons. The van der Waals surface area contributed by atoms with Gasteiger partial charge in [-0.15, -0.1) is 12.4 Å². The summed E-state index contributed by atoms with van der Waals surface area (Å²) in [6.45, 7) is 2.52. The standard InChI is InChI=1S/C25H45NO4.ClH/c1-2-3-4-5-6-7-8-9-10-11-12-13-18-30-24-16-14-23(15-17-24)19-26-25(20-27,21-28)22-29;/h14-17,26-29H,2-13,18-22H2,1H3;1H. The summed E-state index contributed by atoms with van der Waals surface area (Å²) in [6, 6.07) is 7.80. The van der Waals surface area contributed by atoms with E-state index in [0.29, 0.717) is 6.54 Å². The van der Waals surface area contributed by atoms with Gasteiger partial charge in [-0.25, -0.2) is 0 Å². The van der Waals surface area contributed by atoms with Gasteiger partial charge in [-0.2, -0.15) is 0 Å². The highest BCUT2D eigenvalue weighted by atomic mass is 35.5. The van der Waals surface area contributed by atoms with Gasteiger partial charge in [0.1, 0.15) is 5.75 Å². The molecule has 0 bridgehead atoms. The molecule has 0 saturated heterocycles. The van der Waals surface area contributed by atoms with E-state index in [1.165, 1.54) is 70.6 Å². The second-order valence-corrected chi connectivity index (χ2v) is 8.49. The van der Waals surface area contributed by atoms with Crippen molar-refractivity contribution in [1.82, 2.24) is 5.32 Å². The summed E-state index contributed by atoms with van der Waals surface area (Å²) < 4.78 is 5.82. The third-order valence-electron chi connectivity index (χ3n) is 5.77. The molecular formula is C25H46ClNO4. The number of unbranched alkanes of at least 4 members (excludes halogenated alkanes) is 11. The third-order valence-corrected chi connectivity index (χ3v) is 5.77. The molecule has 0 atom stereocenters. The van der Waals surface area contributed by atoms with Crippen LogP contribution >= 0.6 is 12.4 Å². The van der Waals surface area contributed by atoms with Gasteiger partial charge in [-0.05, 0) is 24.1 Å². The van der Waals surface area contributed by atoms with Gasteiger partial charge in [0.15, 0.2) is 0 Å². The van der Waals surface area contributed by atoms with E-state index in [0.717, 1.165) is 24.3 Å². The highest BCUT2D eigenvalue weighted by Gasteiger charge is 2.26. The van der Waals surface area contributed by atoms with Crippen LogP contribution < -0.4 is 10.1 Å². The number of aliphatic hydroxyl groups excluding tert-OH is 3. The van der Waals surface area contributed by atoms with Crippen molar-refractivity contribution in [2.45, 2.75) is 96.1 Å². The summed E-state index contributed by atoms with van der Waals surface area (Å²) in [4.78, 5) is 0. The van der Waals surface area contributed by atoms with E-state index >= 15 is 0 Å². The Morgan fingerprint density at radius 1 is 0.710 bits per heavy atom. The van der Waals surface area contributed by atoms with E-state index in [-0.39, 0.29) is 32.2 Å². The second kappa shape index (κ2) is 19.8. The van der Waals surface area contributed by atoms with Gasteiger partial charge in [-0.1, -0.05) is 89.7 Å². The van der Waals surface area contributed by atoms with E-state index in [2.05, 4.69) is 12.2 Å². The lowest BCUT2D eigenvalue weighted by Gasteiger charge is -2.28. The zero-order valence-electron chi connectivity index (χ0n) is 19.5. The molecule has 1 rings (SSSR count). The Hall–Kier alpha value is -0.850. The minimum atomic E-state index is -1.05. The van der Waals surface area contributed by atoms with Crippen molar-refractivity contribution in [2.75, 3.05) is 26.4 Å². The molecular weight excluding hydrogens is 414 g/mol. The summed E-state index contributed by atoms with van der Waals surface area (Å²) in [5, 5.41) is 31.1. The average Bonchev–Trinajstić information content (AvgIpc) is 2.79. The quantitative estimate of drug-likeness (QED) is 0.206. The topological polar surface area (TPSA) is 82.0 Å². The molecule has 1 aromatic carbocycles. The number of ether oxygens (including phenoxy) is 1. The first-order valence-corrected chi connectivity index (χ1v) is 12.0. The van der Waals surface area contributed by atoms with Crippen molar-refractivity contribution in [3.05, 3.63) is 29.8 Å². The van der Waals surface area contributed by atoms with Crippen LogP contribution in [-0.2, 0) is 6.54 Å². The third kappa shape index (κ3) is 14.0. The smallest absolute Gasteiger partial charge is 0.119 e. The van der Waals surface area contributed by atoms with Crippen LogP contribution in [0.5, 0.6) is 5.75 Å². The Balaban J connectivity index is 0.00000900. The van der Waals surface area contributed by atoms with Gasteiger partial charge < -0.3 is 25.4 Å². The Morgan fingerprint density at radius 3 is 1.61 bits per heavy atom. The molecule has 6 heteroatoms. The maximum atomic E-state index is 9.34. The molecule has 0 fully saturated rings. The monoisotopic (exact) mass is 459 g/mol. The summed E-state index contributed by atoms with van der Waals surface area (Å²) in [5.41, 5.74) is -0.0449. The normalized spacial score (nSPS) is 11.4. The van der Waals surface area contributed by atoms with Gasteiger partial charge in [0, 0.05) is 6.54 Å². The minimum Gasteiger partial charge on any atom is -0.494 e. The lowest BCUT2D eigenvalue weighted by Crippen LogP contribution is -2.54. The Labute approximate surface area is 196 Å². The maximum Gasteiger partial charge on any atom is 0.119 e. The molecule has 0 aliphatic carbocycles. The molecule has 0 aliphatic rings. The fraction of sp³-hybridized carbons (Fsp3) is 0.760. The van der Waals surface area contributed by atoms with Crippen LogP contribution in [0.25, 0.3) is 0 Å². The van der Waals surface area contributed by atoms with Crippen LogP contribution in [0.4, 0.5) is 0 Å². The zero-order chi connectivity index (χ0) is 21.9. The number of benzene rings is 1. The number of hydrogen-bond acceptors (Lipinski definition) is 5. The van der Waals surface area contributed by atoms with Crippen LogP contribution in [0, 0.1) is 0 Å². The average molecular weight is 460 g/mol. The highest BCUT2D eigenvalue weighted by molar-refractivity contribution is 5.85. The van der Waals surface area contributed by atoms with Crippen molar-refractivity contribution < 1.29 is 20.1 Å². The molecule has 31 heavy (non-hydrogen) atoms. The number of nitrogens with one attached hydrogen (secondary N) is 1. The zero-order valence-corrected chi connectivity index (χ0v) is 20.3. The van der Waals surface area contributed by atoms with E-state index in [1.807, 2.05) is 24.3 Å². The lowest BCUT2D eigenvalue weighted by molar-refractivity contribution is 0.0414. The SMILES string of the molecule is CCCCCCCCCCCCCCOc1ccc(CNC(CO)(CO)CO)cc1.Cl. The van der Waals surface area contributed by atoms with Crippen molar-refractivity contribution in [2.24, 2.45) is 0 Å². The van der Waals surface area contributed by atoms with E-state index in [4.69, 9.17) is 4.74 Å². The number of hydrogen-bond donors (Lipinski definition) is 4. The van der Waals surface area contributed by atoms with Gasteiger partial charge in [0.2, 0.25) is 0 Å². The fourth-order valence-corrected chi connectivity index (χ4v) is 3.44. The van der Waals surface area contributed by atoms with Crippen LogP contribution in [0.15, 0.2) is 24.3 Å². The highest BCUT2D eigenvalue weighted by Crippen LogP contribution is 2.15. The van der Waals surface area contributed by atoms with Crippen molar-refractivity contribution in [3.8, 4) is 5.75 Å². The molecule has 5 nitrogen and oxygen atoms in total. The molecule has 0 unspecified atom stereocenters. The molecule has 182 valence electrons. The molecule has 0 saturated carbocycles. The molecule has 0 amide bonds. The molecule has 0 spiro atoms. The first kappa shape index (κ1) is 30.1. The number of rotatable bonds is 20.